The Morgan fingerprint density at radius 1 is 1.16 bits per heavy atom. The molecule has 178 valence electrons. The van der Waals surface area contributed by atoms with Crippen molar-refractivity contribution in [3.63, 3.8) is 0 Å². The van der Waals surface area contributed by atoms with Crippen molar-refractivity contribution in [3.05, 3.63) is 29.8 Å². The number of carbonyl (C=O) groups excluding carboxylic acids is 2. The molecule has 0 saturated carbocycles. The molecular formula is C21H30N2O7S2. The van der Waals surface area contributed by atoms with Crippen LogP contribution < -0.4 is 0 Å². The van der Waals surface area contributed by atoms with E-state index in [1.807, 2.05) is 6.92 Å². The first-order valence-electron chi connectivity index (χ1n) is 10.8. The highest BCUT2D eigenvalue weighted by atomic mass is 32.2. The van der Waals surface area contributed by atoms with Gasteiger partial charge in [-0.1, -0.05) is 17.7 Å². The number of benzene rings is 1. The van der Waals surface area contributed by atoms with Gasteiger partial charge in [-0.25, -0.2) is 16.8 Å². The van der Waals surface area contributed by atoms with E-state index in [-0.39, 0.29) is 22.9 Å². The fraction of sp³-hybridized carbons (Fsp3) is 0.619. The number of sulfone groups is 1. The molecule has 2 saturated heterocycles. The van der Waals surface area contributed by atoms with Gasteiger partial charge in [-0.2, -0.15) is 4.31 Å². The Labute approximate surface area is 189 Å². The Hall–Kier alpha value is -1.98. The molecule has 1 amide bonds. The molecular weight excluding hydrogens is 456 g/mol. The maximum atomic E-state index is 13.1. The van der Waals surface area contributed by atoms with Crippen LogP contribution in [0.15, 0.2) is 29.2 Å². The number of carbonyl (C=O) groups is 2. The number of amides is 1. The van der Waals surface area contributed by atoms with Gasteiger partial charge < -0.3 is 9.64 Å². The molecule has 0 aromatic heterocycles. The SMILES string of the molecule is CCN(C(=O)COC(=O)[C@@H]1CCCCN1S(=O)(=O)c1ccc(C)cc1)[C@@H]1CCS(=O)(=O)C1. The molecule has 0 N–H and O–H groups in total. The fourth-order valence-electron chi connectivity index (χ4n) is 4.25. The van der Waals surface area contributed by atoms with Crippen molar-refractivity contribution in [2.24, 2.45) is 0 Å². The lowest BCUT2D eigenvalue weighted by Gasteiger charge is -2.33. The van der Waals surface area contributed by atoms with E-state index in [9.17, 15) is 26.4 Å². The van der Waals surface area contributed by atoms with E-state index in [1.54, 1.807) is 19.1 Å². The Morgan fingerprint density at radius 3 is 2.44 bits per heavy atom. The van der Waals surface area contributed by atoms with Crippen molar-refractivity contribution in [2.45, 2.75) is 56.5 Å². The van der Waals surface area contributed by atoms with Crippen molar-refractivity contribution in [1.82, 2.24) is 9.21 Å². The molecule has 3 rings (SSSR count). The summed E-state index contributed by atoms with van der Waals surface area (Å²) in [5.41, 5.74) is 0.924. The summed E-state index contributed by atoms with van der Waals surface area (Å²) in [6, 6.07) is 5.01. The van der Waals surface area contributed by atoms with Crippen LogP contribution in [0.3, 0.4) is 0 Å². The number of piperidine rings is 1. The van der Waals surface area contributed by atoms with Crippen molar-refractivity contribution >= 4 is 31.7 Å². The molecule has 0 radical (unpaired) electrons. The second-order valence-electron chi connectivity index (χ2n) is 8.28. The van der Waals surface area contributed by atoms with Gasteiger partial charge in [-0.3, -0.25) is 9.59 Å². The van der Waals surface area contributed by atoms with Crippen LogP contribution >= 0.6 is 0 Å². The van der Waals surface area contributed by atoms with Crippen LogP contribution in [0, 0.1) is 6.92 Å². The van der Waals surface area contributed by atoms with Crippen LogP contribution in [-0.2, 0) is 34.2 Å². The number of rotatable bonds is 7. The van der Waals surface area contributed by atoms with Gasteiger partial charge in [0.25, 0.3) is 5.91 Å². The lowest BCUT2D eigenvalue weighted by molar-refractivity contribution is -0.156. The average molecular weight is 487 g/mol. The van der Waals surface area contributed by atoms with Crippen molar-refractivity contribution in [2.75, 3.05) is 31.2 Å². The number of likely N-dealkylation sites (N-methyl/N-ethyl adjacent to an activating group) is 1. The average Bonchev–Trinajstić information content (AvgIpc) is 3.12. The lowest BCUT2D eigenvalue weighted by Crippen LogP contribution is -2.49. The smallest absolute Gasteiger partial charge is 0.324 e. The van der Waals surface area contributed by atoms with Crippen LogP contribution in [-0.4, -0.2) is 81.2 Å². The maximum Gasteiger partial charge on any atom is 0.324 e. The molecule has 1 aromatic rings. The normalized spacial score (nSPS) is 23.6. The van der Waals surface area contributed by atoms with Gasteiger partial charge in [0.15, 0.2) is 16.4 Å². The molecule has 2 heterocycles. The second-order valence-corrected chi connectivity index (χ2v) is 12.4. The summed E-state index contributed by atoms with van der Waals surface area (Å²) in [6.07, 6.45) is 1.99. The summed E-state index contributed by atoms with van der Waals surface area (Å²) in [6.45, 7) is 3.55. The van der Waals surface area contributed by atoms with Crippen LogP contribution in [0.1, 0.15) is 38.2 Å². The third kappa shape index (κ3) is 5.49. The summed E-state index contributed by atoms with van der Waals surface area (Å²) in [7, 11) is -7.05. The minimum absolute atomic E-state index is 0.0368. The third-order valence-electron chi connectivity index (χ3n) is 6.00. The monoisotopic (exact) mass is 486 g/mol. The molecule has 2 aliphatic rings. The molecule has 2 aliphatic heterocycles. The van der Waals surface area contributed by atoms with E-state index < -0.39 is 50.4 Å². The van der Waals surface area contributed by atoms with Crippen molar-refractivity contribution < 1.29 is 31.2 Å². The molecule has 9 nitrogen and oxygen atoms in total. The number of hydrogen-bond acceptors (Lipinski definition) is 7. The summed E-state index contributed by atoms with van der Waals surface area (Å²) >= 11 is 0. The predicted octanol–water partition coefficient (Wildman–Crippen LogP) is 1.12. The minimum atomic E-state index is -3.89. The molecule has 0 unspecified atom stereocenters. The van der Waals surface area contributed by atoms with E-state index in [0.29, 0.717) is 32.2 Å². The number of nitrogens with zero attached hydrogens (tertiary/aromatic N) is 2. The number of ether oxygens (including phenoxy) is 1. The zero-order chi connectivity index (χ0) is 23.5. The zero-order valence-corrected chi connectivity index (χ0v) is 20.0. The Morgan fingerprint density at radius 2 is 1.84 bits per heavy atom. The molecule has 2 fully saturated rings. The second kappa shape index (κ2) is 9.88. The number of esters is 1. The highest BCUT2D eigenvalue weighted by Gasteiger charge is 2.39. The van der Waals surface area contributed by atoms with Gasteiger partial charge in [0.2, 0.25) is 10.0 Å². The first-order chi connectivity index (χ1) is 15.0. The van der Waals surface area contributed by atoms with E-state index in [4.69, 9.17) is 4.74 Å². The summed E-state index contributed by atoms with van der Waals surface area (Å²) in [5, 5.41) is 0. The van der Waals surface area contributed by atoms with E-state index in [2.05, 4.69) is 0 Å². The Kier molecular flexibility index (Phi) is 7.61. The zero-order valence-electron chi connectivity index (χ0n) is 18.4. The Bertz CT molecular complexity index is 1050. The quantitative estimate of drug-likeness (QED) is 0.530. The minimum Gasteiger partial charge on any atom is -0.454 e. The van der Waals surface area contributed by atoms with Crippen molar-refractivity contribution in [1.29, 1.82) is 0 Å². The van der Waals surface area contributed by atoms with Crippen LogP contribution in [0.5, 0.6) is 0 Å². The maximum absolute atomic E-state index is 13.1. The molecule has 11 heteroatoms. The topological polar surface area (TPSA) is 118 Å². The standard InChI is InChI=1S/C21H30N2O7S2/c1-3-22(17-11-13-31(26,27)15-17)20(24)14-30-21(25)19-6-4-5-12-23(19)32(28,29)18-9-7-16(2)8-10-18/h7-10,17,19H,3-6,11-15H2,1-2H3/t17-,19+/m1/s1. The largest absolute Gasteiger partial charge is 0.454 e. The third-order valence-corrected chi connectivity index (χ3v) is 9.67. The highest BCUT2D eigenvalue weighted by molar-refractivity contribution is 7.91. The van der Waals surface area contributed by atoms with Gasteiger partial charge in [-0.15, -0.1) is 0 Å². The van der Waals surface area contributed by atoms with Gasteiger partial charge in [0.1, 0.15) is 6.04 Å². The van der Waals surface area contributed by atoms with Gasteiger partial charge in [0, 0.05) is 19.1 Å². The first kappa shape index (κ1) is 24.7. The molecule has 0 aliphatic carbocycles. The highest BCUT2D eigenvalue weighted by Crippen LogP contribution is 2.26. The van der Waals surface area contributed by atoms with Gasteiger partial charge in [0.05, 0.1) is 16.4 Å². The van der Waals surface area contributed by atoms with Crippen molar-refractivity contribution in [3.8, 4) is 0 Å². The molecule has 32 heavy (non-hydrogen) atoms. The van der Waals surface area contributed by atoms with Crippen LogP contribution in [0.2, 0.25) is 0 Å². The molecule has 1 aromatic carbocycles. The van der Waals surface area contributed by atoms with Crippen LogP contribution in [0.25, 0.3) is 0 Å². The predicted molar refractivity (Wildman–Crippen MR) is 118 cm³/mol. The number of hydrogen-bond donors (Lipinski definition) is 0. The Balaban J connectivity index is 1.67. The van der Waals surface area contributed by atoms with E-state index >= 15 is 0 Å². The molecule has 0 spiro atoms. The number of aryl methyl sites for hydroxylation is 1. The first-order valence-corrected chi connectivity index (χ1v) is 14.1. The van der Waals surface area contributed by atoms with E-state index in [0.717, 1.165) is 9.87 Å². The van der Waals surface area contributed by atoms with E-state index in [1.165, 1.54) is 17.0 Å². The van der Waals surface area contributed by atoms with Gasteiger partial charge in [-0.05, 0) is 51.7 Å². The summed E-state index contributed by atoms with van der Waals surface area (Å²) < 4.78 is 56.1. The summed E-state index contributed by atoms with van der Waals surface area (Å²) in [5.74, 6) is -1.29. The molecule has 2 atom stereocenters. The fourth-order valence-corrected chi connectivity index (χ4v) is 7.62. The van der Waals surface area contributed by atoms with Crippen LogP contribution in [0.4, 0.5) is 0 Å². The lowest BCUT2D eigenvalue weighted by atomic mass is 10.1. The van der Waals surface area contributed by atoms with Gasteiger partial charge >= 0.3 is 5.97 Å². The number of sulfonamides is 1. The molecule has 0 bridgehead atoms. The summed E-state index contributed by atoms with van der Waals surface area (Å²) in [4.78, 5) is 26.9.